The van der Waals surface area contributed by atoms with Crippen LogP contribution >= 0.6 is 11.8 Å². The first kappa shape index (κ1) is 17.4. The molecule has 0 bridgehead atoms. The molecule has 4 aliphatic carbocycles. The van der Waals surface area contributed by atoms with Crippen molar-refractivity contribution in [2.75, 3.05) is 12.3 Å². The average molecular weight is 350 g/mol. The van der Waals surface area contributed by atoms with Crippen LogP contribution in [0.4, 0.5) is 0 Å². The summed E-state index contributed by atoms with van der Waals surface area (Å²) >= 11 is 1.84. The second-order valence-electron chi connectivity index (χ2n) is 9.61. The van der Waals surface area contributed by atoms with E-state index in [-0.39, 0.29) is 10.7 Å². The van der Waals surface area contributed by atoms with E-state index in [1.807, 2.05) is 11.8 Å². The van der Waals surface area contributed by atoms with Crippen LogP contribution < -0.4 is 5.73 Å². The zero-order valence-electron chi connectivity index (χ0n) is 15.6. The molecule has 0 aliphatic heterocycles. The summed E-state index contributed by atoms with van der Waals surface area (Å²) in [6.07, 6.45) is 12.2. The van der Waals surface area contributed by atoms with E-state index in [4.69, 9.17) is 5.73 Å². The maximum Gasteiger partial charge on any atom is 0.151 e. The summed E-state index contributed by atoms with van der Waals surface area (Å²) in [4.78, 5) is 13.1. The van der Waals surface area contributed by atoms with Crippen molar-refractivity contribution in [3.8, 4) is 0 Å². The summed E-state index contributed by atoms with van der Waals surface area (Å²) in [5, 5.41) is 0.235. The normalized spacial score (nSPS) is 51.0. The van der Waals surface area contributed by atoms with Crippen LogP contribution in [0.25, 0.3) is 0 Å². The van der Waals surface area contributed by atoms with Gasteiger partial charge in [0.2, 0.25) is 0 Å². The van der Waals surface area contributed by atoms with Crippen LogP contribution in [0.5, 0.6) is 0 Å². The summed E-state index contributed by atoms with van der Waals surface area (Å²) in [5.41, 5.74) is 6.25. The van der Waals surface area contributed by atoms with Crippen molar-refractivity contribution in [1.82, 2.24) is 0 Å². The van der Waals surface area contributed by atoms with Gasteiger partial charge in [0.1, 0.15) is 0 Å². The minimum atomic E-state index is -0.0225. The van der Waals surface area contributed by atoms with Gasteiger partial charge in [0, 0.05) is 17.7 Å². The highest BCUT2D eigenvalue weighted by Gasteiger charge is 2.61. The van der Waals surface area contributed by atoms with Crippen molar-refractivity contribution < 1.29 is 4.79 Å². The molecule has 0 aromatic heterocycles. The number of Topliss-reactive ketones (excluding diaryl/α,β-unsaturated/α-hetero) is 1. The predicted octanol–water partition coefficient (Wildman–Crippen LogP) is 4.66. The molecule has 136 valence electrons. The van der Waals surface area contributed by atoms with Gasteiger partial charge >= 0.3 is 0 Å². The molecule has 4 fully saturated rings. The Bertz CT molecular complexity index is 508. The Labute approximate surface area is 152 Å². The second-order valence-corrected chi connectivity index (χ2v) is 10.9. The van der Waals surface area contributed by atoms with E-state index in [1.54, 1.807) is 0 Å². The smallest absolute Gasteiger partial charge is 0.151 e. The summed E-state index contributed by atoms with van der Waals surface area (Å²) in [7, 11) is 0. The lowest BCUT2D eigenvalue weighted by atomic mass is 9.45. The van der Waals surface area contributed by atoms with E-state index >= 15 is 0 Å². The van der Waals surface area contributed by atoms with Gasteiger partial charge in [-0.25, -0.2) is 0 Å². The monoisotopic (exact) mass is 349 g/mol. The van der Waals surface area contributed by atoms with Gasteiger partial charge in [-0.15, -0.1) is 11.8 Å². The highest BCUT2D eigenvalue weighted by atomic mass is 32.2. The number of nitrogens with two attached hydrogens (primary N) is 1. The lowest BCUT2D eigenvalue weighted by Crippen LogP contribution is -2.52. The molecule has 0 radical (unpaired) electrons. The number of ketones is 1. The molecule has 7 atom stereocenters. The molecule has 2 N–H and O–H groups in total. The molecule has 2 nitrogen and oxygen atoms in total. The quantitative estimate of drug-likeness (QED) is 0.806. The second kappa shape index (κ2) is 6.30. The lowest BCUT2D eigenvalue weighted by Gasteiger charge is -2.59. The third kappa shape index (κ3) is 2.44. The number of carbonyl (C=O) groups is 1. The van der Waals surface area contributed by atoms with Crippen molar-refractivity contribution in [2.45, 2.75) is 76.9 Å². The van der Waals surface area contributed by atoms with Crippen LogP contribution in [-0.4, -0.2) is 23.3 Å². The van der Waals surface area contributed by atoms with Crippen molar-refractivity contribution >= 4 is 17.5 Å². The SMILES string of the molecule is CC12CCC3C(CCC4CCCCC43C)C1CC(SCCN)C2=O. The minimum absolute atomic E-state index is 0.0225. The van der Waals surface area contributed by atoms with Gasteiger partial charge in [-0.3, -0.25) is 4.79 Å². The third-order valence-corrected chi connectivity index (χ3v) is 10.0. The maximum absolute atomic E-state index is 13.1. The van der Waals surface area contributed by atoms with Crippen LogP contribution in [-0.2, 0) is 4.79 Å². The first-order valence-electron chi connectivity index (χ1n) is 10.4. The van der Waals surface area contributed by atoms with Gasteiger partial charge in [-0.1, -0.05) is 26.7 Å². The molecule has 0 aromatic rings. The number of fused-ring (bicyclic) bond motifs is 5. The molecular weight excluding hydrogens is 314 g/mol. The molecule has 0 amide bonds. The molecule has 3 heteroatoms. The molecule has 4 aliphatic rings. The first-order valence-corrected chi connectivity index (χ1v) is 11.4. The summed E-state index contributed by atoms with van der Waals surface area (Å²) in [5.74, 6) is 4.83. The van der Waals surface area contributed by atoms with Crippen LogP contribution in [0.2, 0.25) is 0 Å². The molecule has 0 aromatic carbocycles. The Morgan fingerprint density at radius 2 is 1.92 bits per heavy atom. The highest BCUT2D eigenvalue weighted by Crippen LogP contribution is 2.66. The minimum Gasteiger partial charge on any atom is -0.330 e. The average Bonchev–Trinajstić information content (AvgIpc) is 2.84. The molecule has 24 heavy (non-hydrogen) atoms. The van der Waals surface area contributed by atoms with Crippen LogP contribution in [0, 0.1) is 34.5 Å². The maximum atomic E-state index is 13.1. The van der Waals surface area contributed by atoms with E-state index in [0.717, 1.165) is 36.3 Å². The highest BCUT2D eigenvalue weighted by molar-refractivity contribution is 8.00. The molecule has 0 saturated heterocycles. The van der Waals surface area contributed by atoms with Crippen LogP contribution in [0.1, 0.15) is 71.6 Å². The molecule has 4 saturated carbocycles. The largest absolute Gasteiger partial charge is 0.330 e. The standard InChI is InChI=1S/C21H35NOS/c1-20-9-4-3-5-14(20)6-7-15-16(20)8-10-21(2)17(15)13-18(19(21)23)24-12-11-22/h14-18H,3-13,22H2,1-2H3. The molecular formula is C21H35NOS. The van der Waals surface area contributed by atoms with E-state index in [9.17, 15) is 4.79 Å². The summed E-state index contributed by atoms with van der Waals surface area (Å²) in [6, 6.07) is 0. The first-order chi connectivity index (χ1) is 11.5. The van der Waals surface area contributed by atoms with E-state index in [0.29, 0.717) is 23.7 Å². The van der Waals surface area contributed by atoms with E-state index in [1.165, 1.54) is 44.9 Å². The van der Waals surface area contributed by atoms with Crippen molar-refractivity contribution in [3.63, 3.8) is 0 Å². The van der Waals surface area contributed by atoms with Gasteiger partial charge in [0.25, 0.3) is 0 Å². The summed E-state index contributed by atoms with van der Waals surface area (Å²) in [6.45, 7) is 5.63. The fraction of sp³-hybridized carbons (Fsp3) is 0.952. The zero-order chi connectivity index (χ0) is 16.9. The molecule has 0 heterocycles. The Kier molecular flexibility index (Phi) is 4.57. The fourth-order valence-corrected chi connectivity index (χ4v) is 8.60. The van der Waals surface area contributed by atoms with Crippen LogP contribution in [0.3, 0.4) is 0 Å². The Balaban J connectivity index is 1.58. The van der Waals surface area contributed by atoms with Crippen molar-refractivity contribution in [1.29, 1.82) is 0 Å². The fourth-order valence-electron chi connectivity index (χ4n) is 7.42. The van der Waals surface area contributed by atoms with Crippen molar-refractivity contribution in [2.24, 2.45) is 40.2 Å². The molecule has 7 unspecified atom stereocenters. The molecule has 4 rings (SSSR count). The molecule has 0 spiro atoms. The predicted molar refractivity (Wildman–Crippen MR) is 102 cm³/mol. The third-order valence-electron chi connectivity index (χ3n) is 8.73. The Morgan fingerprint density at radius 3 is 2.71 bits per heavy atom. The number of hydrogen-bond acceptors (Lipinski definition) is 3. The summed E-state index contributed by atoms with van der Waals surface area (Å²) < 4.78 is 0. The van der Waals surface area contributed by atoms with Gasteiger partial charge in [0.05, 0.1) is 5.25 Å². The van der Waals surface area contributed by atoms with Gasteiger partial charge in [0.15, 0.2) is 5.78 Å². The number of thioether (sulfide) groups is 1. The van der Waals surface area contributed by atoms with E-state index in [2.05, 4.69) is 13.8 Å². The van der Waals surface area contributed by atoms with Gasteiger partial charge in [-0.2, -0.15) is 0 Å². The van der Waals surface area contributed by atoms with Gasteiger partial charge in [-0.05, 0) is 74.0 Å². The number of rotatable bonds is 3. The number of hydrogen-bond donors (Lipinski definition) is 1. The Morgan fingerprint density at radius 1 is 1.08 bits per heavy atom. The van der Waals surface area contributed by atoms with E-state index < -0.39 is 0 Å². The number of carbonyl (C=O) groups excluding carboxylic acids is 1. The Hall–Kier alpha value is -0.0200. The van der Waals surface area contributed by atoms with Crippen molar-refractivity contribution in [3.05, 3.63) is 0 Å². The topological polar surface area (TPSA) is 43.1 Å². The lowest BCUT2D eigenvalue weighted by molar-refractivity contribution is -0.138. The van der Waals surface area contributed by atoms with Gasteiger partial charge < -0.3 is 5.73 Å². The van der Waals surface area contributed by atoms with Crippen LogP contribution in [0.15, 0.2) is 0 Å². The zero-order valence-corrected chi connectivity index (χ0v) is 16.4.